The molecule has 1 aliphatic heterocycles. The van der Waals surface area contributed by atoms with Crippen LogP contribution in [0.25, 0.3) is 0 Å². The number of hydrogen-bond donors (Lipinski definition) is 0. The zero-order valence-electron chi connectivity index (χ0n) is 8.25. The van der Waals surface area contributed by atoms with Crippen LogP contribution < -0.4 is 0 Å². The maximum atomic E-state index is 5.49. The maximum Gasteiger partial charge on any atom is 0.0931 e. The van der Waals surface area contributed by atoms with Crippen LogP contribution in [0, 0.1) is 5.92 Å². The minimum atomic E-state index is 0.238. The van der Waals surface area contributed by atoms with Crippen molar-refractivity contribution in [2.75, 3.05) is 40.5 Å². The van der Waals surface area contributed by atoms with Gasteiger partial charge in [-0.05, 0) is 13.0 Å². The second-order valence-corrected chi connectivity index (χ2v) is 3.72. The van der Waals surface area contributed by atoms with E-state index >= 15 is 0 Å². The molecule has 2 unspecified atom stereocenters. The Balaban J connectivity index is 2.37. The molecule has 0 bridgehead atoms. The van der Waals surface area contributed by atoms with Crippen molar-refractivity contribution in [3.8, 4) is 0 Å². The molecule has 0 aliphatic carbocycles. The molecule has 1 rings (SSSR count). The number of ether oxygens (including phenoxy) is 2. The molecule has 1 heterocycles. The summed E-state index contributed by atoms with van der Waals surface area (Å²) in [7, 11) is 3.88. The fourth-order valence-corrected chi connectivity index (χ4v) is 1.60. The number of methoxy groups -OCH3 is 1. The molecule has 72 valence electrons. The van der Waals surface area contributed by atoms with Gasteiger partial charge >= 0.3 is 0 Å². The first kappa shape index (κ1) is 9.96. The van der Waals surface area contributed by atoms with Crippen LogP contribution in [0.1, 0.15) is 6.92 Å². The zero-order valence-corrected chi connectivity index (χ0v) is 8.25. The molecule has 0 spiro atoms. The van der Waals surface area contributed by atoms with E-state index in [0.717, 1.165) is 26.3 Å². The van der Waals surface area contributed by atoms with Gasteiger partial charge in [0.25, 0.3) is 0 Å². The van der Waals surface area contributed by atoms with E-state index in [9.17, 15) is 0 Å². The number of nitrogens with zero attached hydrogens (tertiary/aromatic N) is 1. The molecule has 3 heteroatoms. The molecule has 0 aromatic carbocycles. The van der Waals surface area contributed by atoms with E-state index < -0.39 is 0 Å². The van der Waals surface area contributed by atoms with Crippen molar-refractivity contribution in [1.29, 1.82) is 0 Å². The van der Waals surface area contributed by atoms with Crippen LogP contribution in [0.15, 0.2) is 0 Å². The average molecular weight is 173 g/mol. The zero-order chi connectivity index (χ0) is 8.97. The Kier molecular flexibility index (Phi) is 3.98. The number of rotatable bonds is 1. The van der Waals surface area contributed by atoms with Crippen molar-refractivity contribution in [1.82, 2.24) is 4.90 Å². The molecule has 1 fully saturated rings. The lowest BCUT2D eigenvalue weighted by Crippen LogP contribution is -2.39. The number of likely N-dealkylation sites (N-methyl/N-ethyl adjacent to an activating group) is 1. The van der Waals surface area contributed by atoms with E-state index in [1.807, 2.05) is 0 Å². The molecular weight excluding hydrogens is 154 g/mol. The van der Waals surface area contributed by atoms with Crippen LogP contribution in [0.2, 0.25) is 0 Å². The summed E-state index contributed by atoms with van der Waals surface area (Å²) in [6.45, 7) is 5.86. The third-order valence-corrected chi connectivity index (χ3v) is 2.18. The molecule has 2 atom stereocenters. The van der Waals surface area contributed by atoms with Crippen molar-refractivity contribution in [2.45, 2.75) is 13.0 Å². The van der Waals surface area contributed by atoms with Crippen molar-refractivity contribution < 1.29 is 9.47 Å². The summed E-state index contributed by atoms with van der Waals surface area (Å²) >= 11 is 0. The van der Waals surface area contributed by atoms with Gasteiger partial charge in [0.2, 0.25) is 0 Å². The minimum Gasteiger partial charge on any atom is -0.378 e. The van der Waals surface area contributed by atoms with Gasteiger partial charge in [-0.2, -0.15) is 0 Å². The van der Waals surface area contributed by atoms with Gasteiger partial charge in [-0.1, -0.05) is 6.92 Å². The highest BCUT2D eigenvalue weighted by molar-refractivity contribution is 4.68. The lowest BCUT2D eigenvalue weighted by Gasteiger charge is -2.29. The molecule has 0 aromatic heterocycles. The second-order valence-electron chi connectivity index (χ2n) is 3.72. The smallest absolute Gasteiger partial charge is 0.0931 e. The van der Waals surface area contributed by atoms with Gasteiger partial charge in [0.15, 0.2) is 0 Å². The molecule has 12 heavy (non-hydrogen) atoms. The molecule has 3 nitrogen and oxygen atoms in total. The molecule has 1 saturated heterocycles. The summed E-state index contributed by atoms with van der Waals surface area (Å²) in [5.74, 6) is 0.632. The van der Waals surface area contributed by atoms with E-state index in [1.54, 1.807) is 7.11 Å². The van der Waals surface area contributed by atoms with Gasteiger partial charge in [0.1, 0.15) is 0 Å². The van der Waals surface area contributed by atoms with Gasteiger partial charge in [0.05, 0.1) is 19.3 Å². The predicted octanol–water partition coefficient (Wildman–Crippen LogP) is 0.599. The standard InChI is InChI=1S/C9H19NO2/c1-8-4-10(2)5-9(11-3)7-12-6-8/h8-9H,4-7H2,1-3H3. The van der Waals surface area contributed by atoms with Crippen LogP contribution in [0.5, 0.6) is 0 Å². The van der Waals surface area contributed by atoms with Crippen LogP contribution in [-0.4, -0.2) is 51.5 Å². The molecule has 1 aliphatic rings. The van der Waals surface area contributed by atoms with E-state index in [-0.39, 0.29) is 6.10 Å². The Hall–Kier alpha value is -0.120. The monoisotopic (exact) mass is 173 g/mol. The van der Waals surface area contributed by atoms with E-state index in [2.05, 4.69) is 18.9 Å². The topological polar surface area (TPSA) is 21.7 Å². The van der Waals surface area contributed by atoms with Crippen LogP contribution in [0.4, 0.5) is 0 Å². The summed E-state index contributed by atoms with van der Waals surface area (Å²) in [5.41, 5.74) is 0. The van der Waals surface area contributed by atoms with Gasteiger partial charge < -0.3 is 14.4 Å². The van der Waals surface area contributed by atoms with Gasteiger partial charge in [-0.25, -0.2) is 0 Å². The molecule has 0 amide bonds. The second kappa shape index (κ2) is 4.80. The third-order valence-electron chi connectivity index (χ3n) is 2.18. The molecule has 0 aromatic rings. The van der Waals surface area contributed by atoms with E-state index in [0.29, 0.717) is 5.92 Å². The highest BCUT2D eigenvalue weighted by Crippen LogP contribution is 2.06. The quantitative estimate of drug-likeness (QED) is 0.579. The first-order valence-corrected chi connectivity index (χ1v) is 4.51. The maximum absolute atomic E-state index is 5.49. The summed E-state index contributed by atoms with van der Waals surface area (Å²) in [4.78, 5) is 2.31. The van der Waals surface area contributed by atoms with Gasteiger partial charge in [0, 0.05) is 20.2 Å². The van der Waals surface area contributed by atoms with Crippen molar-refractivity contribution >= 4 is 0 Å². The van der Waals surface area contributed by atoms with Crippen LogP contribution in [0.3, 0.4) is 0 Å². The highest BCUT2D eigenvalue weighted by Gasteiger charge is 2.17. The predicted molar refractivity (Wildman–Crippen MR) is 48.3 cm³/mol. The largest absolute Gasteiger partial charge is 0.378 e. The fraction of sp³-hybridized carbons (Fsp3) is 1.00. The lowest BCUT2D eigenvalue weighted by molar-refractivity contribution is -0.0353. The highest BCUT2D eigenvalue weighted by atomic mass is 16.5. The molecule has 0 saturated carbocycles. The third kappa shape index (κ3) is 3.09. The Bertz CT molecular complexity index is 130. The van der Waals surface area contributed by atoms with Crippen molar-refractivity contribution in [3.63, 3.8) is 0 Å². The van der Waals surface area contributed by atoms with E-state index in [4.69, 9.17) is 9.47 Å². The minimum absolute atomic E-state index is 0.238. The summed E-state index contributed by atoms with van der Waals surface area (Å²) in [6.07, 6.45) is 0.238. The van der Waals surface area contributed by atoms with Crippen LogP contribution >= 0.6 is 0 Å². The fourth-order valence-electron chi connectivity index (χ4n) is 1.60. The molecule has 0 radical (unpaired) electrons. The number of hydrogen-bond acceptors (Lipinski definition) is 3. The normalized spacial score (nSPS) is 34.2. The first-order chi connectivity index (χ1) is 5.72. The van der Waals surface area contributed by atoms with Crippen molar-refractivity contribution in [3.05, 3.63) is 0 Å². The molecule has 0 N–H and O–H groups in total. The lowest BCUT2D eigenvalue weighted by atomic mass is 10.1. The average Bonchev–Trinajstić information content (AvgIpc) is 1.99. The Labute approximate surface area is 74.6 Å². The Morgan fingerprint density at radius 2 is 2.08 bits per heavy atom. The Morgan fingerprint density at radius 3 is 2.75 bits per heavy atom. The van der Waals surface area contributed by atoms with E-state index in [1.165, 1.54) is 0 Å². The van der Waals surface area contributed by atoms with Crippen LogP contribution in [-0.2, 0) is 9.47 Å². The van der Waals surface area contributed by atoms with Gasteiger partial charge in [-0.15, -0.1) is 0 Å². The summed E-state index contributed by atoms with van der Waals surface area (Å²) in [6, 6.07) is 0. The summed E-state index contributed by atoms with van der Waals surface area (Å²) in [5, 5.41) is 0. The summed E-state index contributed by atoms with van der Waals surface area (Å²) < 4.78 is 10.8. The molecular formula is C9H19NO2. The first-order valence-electron chi connectivity index (χ1n) is 4.51. The van der Waals surface area contributed by atoms with Gasteiger partial charge in [-0.3, -0.25) is 0 Å². The van der Waals surface area contributed by atoms with Crippen molar-refractivity contribution in [2.24, 2.45) is 5.92 Å². The Morgan fingerprint density at radius 1 is 1.33 bits per heavy atom. The SMILES string of the molecule is COC1COCC(C)CN(C)C1.